The molecule has 2 rings (SSSR count). The number of nitrogens with one attached hydrogen (secondary N) is 1. The number of amides is 1. The van der Waals surface area contributed by atoms with E-state index in [1.165, 1.54) is 30.3 Å². The first-order valence-electron chi connectivity index (χ1n) is 6.72. The molecule has 3 N–H and O–H groups in total. The van der Waals surface area contributed by atoms with Gasteiger partial charge < -0.3 is 10.1 Å². The summed E-state index contributed by atoms with van der Waals surface area (Å²) in [5, 5.41) is 7.17. The lowest BCUT2D eigenvalue weighted by atomic mass is 10.2. The molecular weight excluding hydrogens is 375 g/mol. The molecule has 0 unspecified atom stereocenters. The van der Waals surface area contributed by atoms with E-state index in [0.717, 1.165) is 12.1 Å². The van der Waals surface area contributed by atoms with Gasteiger partial charge in [0.25, 0.3) is 5.91 Å². The summed E-state index contributed by atoms with van der Waals surface area (Å²) in [5.74, 6) is -2.73. The second-order valence-electron chi connectivity index (χ2n) is 4.79. The summed E-state index contributed by atoms with van der Waals surface area (Å²) in [6.45, 7) is -0.719. The fourth-order valence-electron chi connectivity index (χ4n) is 1.84. The van der Waals surface area contributed by atoms with Gasteiger partial charge in [-0.1, -0.05) is 23.7 Å². The number of nitrogens with two attached hydrogens (primary N) is 1. The van der Waals surface area contributed by atoms with Crippen molar-refractivity contribution in [1.82, 2.24) is 0 Å². The third-order valence-corrected chi connectivity index (χ3v) is 4.17. The highest BCUT2D eigenvalue weighted by atomic mass is 35.5. The number of sulfonamides is 1. The summed E-state index contributed by atoms with van der Waals surface area (Å²) < 4.78 is 40.8. The molecule has 132 valence electrons. The highest BCUT2D eigenvalue weighted by molar-refractivity contribution is 7.89. The Morgan fingerprint density at radius 3 is 2.52 bits per heavy atom. The van der Waals surface area contributed by atoms with Crippen LogP contribution in [0, 0.1) is 5.82 Å². The quantitative estimate of drug-likeness (QED) is 0.761. The average Bonchev–Trinajstić information content (AvgIpc) is 2.52. The smallest absolute Gasteiger partial charge is 0.343 e. The van der Waals surface area contributed by atoms with Gasteiger partial charge >= 0.3 is 5.97 Å². The van der Waals surface area contributed by atoms with Gasteiger partial charge in [-0.2, -0.15) is 0 Å². The lowest BCUT2D eigenvalue weighted by Crippen LogP contribution is -2.22. The monoisotopic (exact) mass is 386 g/mol. The van der Waals surface area contributed by atoms with E-state index in [9.17, 15) is 22.4 Å². The van der Waals surface area contributed by atoms with Crippen LogP contribution in [0.1, 0.15) is 10.4 Å². The molecule has 0 aliphatic heterocycles. The maximum atomic E-state index is 13.6. The van der Waals surface area contributed by atoms with Gasteiger partial charge in [0.15, 0.2) is 6.61 Å². The molecule has 0 bridgehead atoms. The fraction of sp³-hybridized carbons (Fsp3) is 0.0667. The Bertz CT molecular complexity index is 913. The molecule has 7 nitrogen and oxygen atoms in total. The zero-order valence-corrected chi connectivity index (χ0v) is 14.1. The third-order valence-electron chi connectivity index (χ3n) is 2.95. The Morgan fingerprint density at radius 2 is 1.88 bits per heavy atom. The molecule has 0 atom stereocenters. The van der Waals surface area contributed by atoms with Crippen molar-refractivity contribution < 1.29 is 27.1 Å². The van der Waals surface area contributed by atoms with E-state index in [-0.39, 0.29) is 15.6 Å². The second-order valence-corrected chi connectivity index (χ2v) is 6.76. The Kier molecular flexibility index (Phi) is 5.73. The van der Waals surface area contributed by atoms with E-state index in [0.29, 0.717) is 0 Å². The van der Waals surface area contributed by atoms with Crippen molar-refractivity contribution >= 4 is 39.2 Å². The predicted octanol–water partition coefficient (Wildman–Crippen LogP) is 1.92. The molecule has 0 aromatic heterocycles. The van der Waals surface area contributed by atoms with Gasteiger partial charge in [0, 0.05) is 5.69 Å². The Labute approximate surface area is 147 Å². The number of primary sulfonamides is 1. The molecule has 25 heavy (non-hydrogen) atoms. The summed E-state index contributed by atoms with van der Waals surface area (Å²) in [5.41, 5.74) is -0.343. The summed E-state index contributed by atoms with van der Waals surface area (Å²) in [6.07, 6.45) is 0. The van der Waals surface area contributed by atoms with Gasteiger partial charge in [-0.25, -0.2) is 22.7 Å². The SMILES string of the molecule is NS(=O)(=O)c1cccc(NC(=O)COC(=O)c2c(F)cccc2Cl)c1. The highest BCUT2D eigenvalue weighted by Crippen LogP contribution is 2.20. The second kappa shape index (κ2) is 7.60. The van der Waals surface area contributed by atoms with E-state index >= 15 is 0 Å². The maximum absolute atomic E-state index is 13.6. The molecule has 0 saturated carbocycles. The Balaban J connectivity index is 2.01. The first-order valence-corrected chi connectivity index (χ1v) is 8.65. The topological polar surface area (TPSA) is 116 Å². The molecule has 2 aromatic rings. The van der Waals surface area contributed by atoms with Crippen molar-refractivity contribution in [2.75, 3.05) is 11.9 Å². The number of benzene rings is 2. The molecule has 10 heteroatoms. The van der Waals surface area contributed by atoms with E-state index in [1.807, 2.05) is 0 Å². The third kappa shape index (κ3) is 4.99. The van der Waals surface area contributed by atoms with Crippen LogP contribution in [0.15, 0.2) is 47.4 Å². The summed E-state index contributed by atoms with van der Waals surface area (Å²) in [6, 6.07) is 8.84. The zero-order chi connectivity index (χ0) is 18.6. The fourth-order valence-corrected chi connectivity index (χ4v) is 2.64. The van der Waals surface area contributed by atoms with Crippen LogP contribution in [0.5, 0.6) is 0 Å². The van der Waals surface area contributed by atoms with Crippen molar-refractivity contribution in [2.45, 2.75) is 4.90 Å². The number of anilines is 1. The van der Waals surface area contributed by atoms with Crippen molar-refractivity contribution in [3.63, 3.8) is 0 Å². The standard InChI is InChI=1S/C15H12ClFN2O5S/c16-11-5-2-6-12(17)14(11)15(21)24-8-13(20)19-9-3-1-4-10(7-9)25(18,22)23/h1-7H,8H2,(H,19,20)(H2,18,22,23). The normalized spacial score (nSPS) is 11.0. The van der Waals surface area contributed by atoms with Crippen LogP contribution in [0.25, 0.3) is 0 Å². The number of rotatable bonds is 5. The van der Waals surface area contributed by atoms with Crippen LogP contribution in [-0.4, -0.2) is 26.9 Å². The van der Waals surface area contributed by atoms with Gasteiger partial charge in [-0.05, 0) is 30.3 Å². The van der Waals surface area contributed by atoms with Crippen LogP contribution >= 0.6 is 11.6 Å². The van der Waals surface area contributed by atoms with Gasteiger partial charge in [0.05, 0.1) is 9.92 Å². The van der Waals surface area contributed by atoms with Crippen LogP contribution < -0.4 is 10.5 Å². The molecular formula is C15H12ClFN2O5S. The van der Waals surface area contributed by atoms with Crippen LogP contribution in [-0.2, 0) is 19.6 Å². The predicted molar refractivity (Wildman–Crippen MR) is 88.1 cm³/mol. The van der Waals surface area contributed by atoms with Crippen LogP contribution in [0.4, 0.5) is 10.1 Å². The number of carbonyl (C=O) groups is 2. The number of ether oxygens (including phenoxy) is 1. The van der Waals surface area contributed by atoms with E-state index in [1.54, 1.807) is 0 Å². The minimum absolute atomic E-state index is 0.136. The van der Waals surface area contributed by atoms with E-state index in [4.69, 9.17) is 21.5 Å². The molecule has 0 heterocycles. The Hall–Kier alpha value is -2.49. The first kappa shape index (κ1) is 18.8. The lowest BCUT2D eigenvalue weighted by molar-refractivity contribution is -0.119. The van der Waals surface area contributed by atoms with Crippen molar-refractivity contribution in [1.29, 1.82) is 0 Å². The van der Waals surface area contributed by atoms with Gasteiger partial charge in [-0.3, -0.25) is 4.79 Å². The van der Waals surface area contributed by atoms with Crippen molar-refractivity contribution in [3.05, 3.63) is 58.9 Å². The molecule has 0 aliphatic carbocycles. The summed E-state index contributed by atoms with van der Waals surface area (Å²) in [7, 11) is -3.93. The minimum atomic E-state index is -3.93. The molecule has 1 amide bonds. The van der Waals surface area contributed by atoms with Gasteiger partial charge in [0.1, 0.15) is 11.4 Å². The number of carbonyl (C=O) groups excluding carboxylic acids is 2. The Morgan fingerprint density at radius 1 is 1.20 bits per heavy atom. The average molecular weight is 387 g/mol. The van der Waals surface area contributed by atoms with Gasteiger partial charge in [0.2, 0.25) is 10.0 Å². The number of esters is 1. The summed E-state index contributed by atoms with van der Waals surface area (Å²) in [4.78, 5) is 23.4. The molecule has 0 saturated heterocycles. The molecule has 0 fully saturated rings. The first-order chi connectivity index (χ1) is 11.7. The van der Waals surface area contributed by atoms with Crippen molar-refractivity contribution in [3.8, 4) is 0 Å². The minimum Gasteiger partial charge on any atom is -0.452 e. The molecule has 0 spiro atoms. The van der Waals surface area contributed by atoms with Crippen LogP contribution in [0.2, 0.25) is 5.02 Å². The number of hydrogen-bond donors (Lipinski definition) is 2. The van der Waals surface area contributed by atoms with Crippen LogP contribution in [0.3, 0.4) is 0 Å². The zero-order valence-electron chi connectivity index (χ0n) is 12.5. The van der Waals surface area contributed by atoms with E-state index in [2.05, 4.69) is 5.32 Å². The number of hydrogen-bond acceptors (Lipinski definition) is 5. The van der Waals surface area contributed by atoms with Crippen molar-refractivity contribution in [2.24, 2.45) is 5.14 Å². The van der Waals surface area contributed by atoms with E-state index < -0.39 is 39.9 Å². The number of halogens is 2. The largest absolute Gasteiger partial charge is 0.452 e. The molecule has 0 aliphatic rings. The summed E-state index contributed by atoms with van der Waals surface area (Å²) >= 11 is 5.72. The van der Waals surface area contributed by atoms with Gasteiger partial charge in [-0.15, -0.1) is 0 Å². The molecule has 0 radical (unpaired) electrons. The molecule has 2 aromatic carbocycles. The lowest BCUT2D eigenvalue weighted by Gasteiger charge is -2.09. The highest BCUT2D eigenvalue weighted by Gasteiger charge is 2.18. The maximum Gasteiger partial charge on any atom is 0.343 e.